The normalized spacial score (nSPS) is 24.1. The summed E-state index contributed by atoms with van der Waals surface area (Å²) in [7, 11) is 0. The number of nitrogens with zero attached hydrogens (tertiary/aromatic N) is 1. The van der Waals surface area contributed by atoms with Gasteiger partial charge in [-0.05, 0) is 18.4 Å². The maximum atomic E-state index is 11.8. The van der Waals surface area contributed by atoms with Crippen LogP contribution in [0.15, 0.2) is 30.3 Å². The lowest BCUT2D eigenvalue weighted by Gasteiger charge is -2.20. The van der Waals surface area contributed by atoms with E-state index >= 15 is 0 Å². The minimum atomic E-state index is -0.661. The first-order valence-corrected chi connectivity index (χ1v) is 6.01. The molecule has 1 aliphatic heterocycles. The number of benzene rings is 1. The highest BCUT2D eigenvalue weighted by Crippen LogP contribution is 2.22. The molecule has 5 heteroatoms. The fraction of sp³-hybridized carbons (Fsp3) is 0.462. The topological polar surface area (TPSA) is 70.0 Å². The molecule has 98 valence electrons. The molecule has 1 fully saturated rings. The zero-order valence-electron chi connectivity index (χ0n) is 10.0. The van der Waals surface area contributed by atoms with Crippen LogP contribution in [0.25, 0.3) is 0 Å². The Bertz CT molecular complexity index is 395. The Balaban J connectivity index is 1.86. The van der Waals surface area contributed by atoms with Crippen LogP contribution in [0.1, 0.15) is 18.4 Å². The van der Waals surface area contributed by atoms with Gasteiger partial charge in [0, 0.05) is 0 Å². The van der Waals surface area contributed by atoms with E-state index < -0.39 is 12.0 Å². The van der Waals surface area contributed by atoms with Crippen LogP contribution in [0.2, 0.25) is 0 Å². The summed E-state index contributed by atoms with van der Waals surface area (Å²) in [5, 5.41) is 19.6. The van der Waals surface area contributed by atoms with E-state index in [1.807, 2.05) is 30.3 Å². The van der Waals surface area contributed by atoms with Crippen molar-refractivity contribution in [2.45, 2.75) is 31.5 Å². The number of esters is 1. The van der Waals surface area contributed by atoms with E-state index in [2.05, 4.69) is 0 Å². The first-order chi connectivity index (χ1) is 8.72. The maximum Gasteiger partial charge on any atom is 0.326 e. The average molecular weight is 251 g/mol. The lowest BCUT2D eigenvalue weighted by molar-refractivity contribution is -0.179. The van der Waals surface area contributed by atoms with Gasteiger partial charge in [-0.3, -0.25) is 4.79 Å². The number of aliphatic hydroxyl groups excluding tert-OH is 1. The molecule has 1 aliphatic rings. The Labute approximate surface area is 106 Å². The average Bonchev–Trinajstić information content (AvgIpc) is 2.78. The molecule has 2 atom stereocenters. The van der Waals surface area contributed by atoms with Crippen LogP contribution in [0.3, 0.4) is 0 Å². The van der Waals surface area contributed by atoms with E-state index in [0.29, 0.717) is 12.8 Å². The molecule has 0 bridgehead atoms. The molecule has 1 aromatic carbocycles. The Morgan fingerprint density at radius 2 is 2.06 bits per heavy atom. The number of hydroxylamine groups is 2. The van der Waals surface area contributed by atoms with Crippen molar-refractivity contribution in [1.29, 1.82) is 0 Å². The highest BCUT2D eigenvalue weighted by molar-refractivity contribution is 5.76. The third kappa shape index (κ3) is 2.87. The van der Waals surface area contributed by atoms with Gasteiger partial charge in [0.05, 0.1) is 12.6 Å². The Morgan fingerprint density at radius 3 is 2.67 bits per heavy atom. The number of hydrogen-bond donors (Lipinski definition) is 2. The van der Waals surface area contributed by atoms with Gasteiger partial charge in [0.2, 0.25) is 0 Å². The van der Waals surface area contributed by atoms with E-state index in [-0.39, 0.29) is 19.3 Å². The molecule has 2 rings (SSSR count). The summed E-state index contributed by atoms with van der Waals surface area (Å²) in [5.41, 5.74) is 0.909. The van der Waals surface area contributed by atoms with Crippen molar-refractivity contribution >= 4 is 5.97 Å². The van der Waals surface area contributed by atoms with Crippen LogP contribution >= 0.6 is 0 Å². The minimum Gasteiger partial charge on any atom is -0.460 e. The molecule has 2 unspecified atom stereocenters. The highest BCUT2D eigenvalue weighted by Gasteiger charge is 2.37. The molecule has 0 aliphatic carbocycles. The number of aliphatic hydroxyl groups is 1. The van der Waals surface area contributed by atoms with Crippen LogP contribution in [0, 0.1) is 0 Å². The largest absolute Gasteiger partial charge is 0.460 e. The maximum absolute atomic E-state index is 11.8. The van der Waals surface area contributed by atoms with Crippen LogP contribution < -0.4 is 0 Å². The number of ether oxygens (including phenoxy) is 1. The van der Waals surface area contributed by atoms with Crippen molar-refractivity contribution in [1.82, 2.24) is 5.06 Å². The zero-order valence-corrected chi connectivity index (χ0v) is 10.0. The van der Waals surface area contributed by atoms with Gasteiger partial charge in [-0.2, -0.15) is 5.06 Å². The molecule has 0 aromatic heterocycles. The number of rotatable bonds is 4. The molecule has 0 amide bonds. The molecule has 1 saturated heterocycles. The summed E-state index contributed by atoms with van der Waals surface area (Å²) in [6.07, 6.45) is 1.10. The van der Waals surface area contributed by atoms with Gasteiger partial charge in [0.25, 0.3) is 0 Å². The summed E-state index contributed by atoms with van der Waals surface area (Å²) in [6, 6.07) is 8.36. The Morgan fingerprint density at radius 1 is 1.33 bits per heavy atom. The Hall–Kier alpha value is -1.43. The van der Waals surface area contributed by atoms with E-state index in [1.54, 1.807) is 0 Å². The van der Waals surface area contributed by atoms with Crippen LogP contribution in [-0.4, -0.2) is 40.0 Å². The van der Waals surface area contributed by atoms with Crippen molar-refractivity contribution in [3.05, 3.63) is 35.9 Å². The summed E-state index contributed by atoms with van der Waals surface area (Å²) >= 11 is 0. The van der Waals surface area contributed by atoms with Crippen molar-refractivity contribution in [2.24, 2.45) is 0 Å². The first kappa shape index (κ1) is 13.0. The quantitative estimate of drug-likeness (QED) is 0.779. The highest BCUT2D eigenvalue weighted by atomic mass is 16.6. The molecular weight excluding hydrogens is 234 g/mol. The standard InChI is InChI=1S/C13H17NO4/c15-8-11-6-7-12(14(11)17)13(16)18-9-10-4-2-1-3-5-10/h1-5,11-12,15,17H,6-9H2. The third-order valence-corrected chi connectivity index (χ3v) is 3.17. The monoisotopic (exact) mass is 251 g/mol. The van der Waals surface area contributed by atoms with E-state index in [1.165, 1.54) is 0 Å². The second-order valence-corrected chi connectivity index (χ2v) is 4.40. The van der Waals surface area contributed by atoms with E-state index in [4.69, 9.17) is 9.84 Å². The van der Waals surface area contributed by atoms with Gasteiger partial charge in [0.15, 0.2) is 0 Å². The lowest BCUT2D eigenvalue weighted by Crippen LogP contribution is -2.40. The second-order valence-electron chi connectivity index (χ2n) is 4.40. The van der Waals surface area contributed by atoms with E-state index in [9.17, 15) is 10.0 Å². The van der Waals surface area contributed by atoms with Crippen molar-refractivity contribution in [3.8, 4) is 0 Å². The summed E-state index contributed by atoms with van der Waals surface area (Å²) in [4.78, 5) is 11.8. The molecule has 5 nitrogen and oxygen atoms in total. The van der Waals surface area contributed by atoms with Gasteiger partial charge in [-0.15, -0.1) is 0 Å². The van der Waals surface area contributed by atoms with Crippen molar-refractivity contribution in [2.75, 3.05) is 6.61 Å². The molecule has 1 aromatic rings. The Kier molecular flexibility index (Phi) is 4.30. The molecule has 0 radical (unpaired) electrons. The molecular formula is C13H17NO4. The molecule has 0 spiro atoms. The molecule has 0 saturated carbocycles. The summed E-state index contributed by atoms with van der Waals surface area (Å²) in [5.74, 6) is -0.447. The third-order valence-electron chi connectivity index (χ3n) is 3.17. The summed E-state index contributed by atoms with van der Waals surface area (Å²) in [6.45, 7) is 0.0484. The van der Waals surface area contributed by atoms with Crippen LogP contribution in [0.4, 0.5) is 0 Å². The second kappa shape index (κ2) is 5.95. The summed E-state index contributed by atoms with van der Waals surface area (Å²) < 4.78 is 5.15. The predicted octanol–water partition coefficient (Wildman–Crippen LogP) is 0.944. The molecule has 18 heavy (non-hydrogen) atoms. The van der Waals surface area contributed by atoms with E-state index in [0.717, 1.165) is 10.6 Å². The van der Waals surface area contributed by atoms with Crippen molar-refractivity contribution < 1.29 is 19.8 Å². The van der Waals surface area contributed by atoms with Gasteiger partial charge >= 0.3 is 5.97 Å². The minimum absolute atomic E-state index is 0.154. The fourth-order valence-electron chi connectivity index (χ4n) is 2.09. The van der Waals surface area contributed by atoms with Gasteiger partial charge < -0.3 is 15.1 Å². The zero-order chi connectivity index (χ0) is 13.0. The molecule has 1 heterocycles. The molecule has 2 N–H and O–H groups in total. The van der Waals surface area contributed by atoms with Gasteiger partial charge in [-0.1, -0.05) is 30.3 Å². The number of hydrogen-bond acceptors (Lipinski definition) is 5. The van der Waals surface area contributed by atoms with Crippen LogP contribution in [0.5, 0.6) is 0 Å². The van der Waals surface area contributed by atoms with Gasteiger partial charge in [0.1, 0.15) is 12.6 Å². The van der Waals surface area contributed by atoms with Crippen molar-refractivity contribution in [3.63, 3.8) is 0 Å². The SMILES string of the molecule is O=C(OCc1ccccc1)C1CCC(CO)N1O. The number of carbonyl (C=O) groups excluding carboxylic acids is 1. The predicted molar refractivity (Wildman–Crippen MR) is 63.8 cm³/mol. The van der Waals surface area contributed by atoms with Crippen LogP contribution in [-0.2, 0) is 16.1 Å². The smallest absolute Gasteiger partial charge is 0.326 e. The number of carbonyl (C=O) groups is 1. The lowest BCUT2D eigenvalue weighted by atomic mass is 10.2. The fourth-order valence-corrected chi connectivity index (χ4v) is 2.09. The first-order valence-electron chi connectivity index (χ1n) is 6.01. The van der Waals surface area contributed by atoms with Gasteiger partial charge in [-0.25, -0.2) is 0 Å².